The zero-order valence-electron chi connectivity index (χ0n) is 43.5. The molecule has 0 aromatic rings. The van der Waals surface area contributed by atoms with Gasteiger partial charge in [-0.3, -0.25) is 14.4 Å². The van der Waals surface area contributed by atoms with Crippen molar-refractivity contribution in [3.8, 4) is 0 Å². The van der Waals surface area contributed by atoms with E-state index in [9.17, 15) is 14.4 Å². The third-order valence-corrected chi connectivity index (χ3v) is 12.6. The smallest absolute Gasteiger partial charge is 0.306 e. The normalized spacial score (nSPS) is 12.2. The maximum atomic E-state index is 12.8. The summed E-state index contributed by atoms with van der Waals surface area (Å²) in [6.45, 7) is 6.61. The Morgan fingerprint density at radius 1 is 0.308 bits per heavy atom. The summed E-state index contributed by atoms with van der Waals surface area (Å²) in [6, 6.07) is 0. The van der Waals surface area contributed by atoms with Crippen molar-refractivity contribution in [1.29, 1.82) is 0 Å². The first-order valence-electron chi connectivity index (χ1n) is 28.5. The van der Waals surface area contributed by atoms with Crippen LogP contribution < -0.4 is 0 Å². The van der Waals surface area contributed by atoms with Crippen LogP contribution in [-0.4, -0.2) is 37.2 Å². The van der Waals surface area contributed by atoms with Gasteiger partial charge in [0.25, 0.3) is 0 Å². The molecule has 0 aromatic carbocycles. The summed E-state index contributed by atoms with van der Waals surface area (Å²) in [4.78, 5) is 38.0. The second-order valence-electron chi connectivity index (χ2n) is 19.2. The fraction of sp³-hybridized carbons (Fsp3) is 0.847. The predicted molar refractivity (Wildman–Crippen MR) is 279 cm³/mol. The quantitative estimate of drug-likeness (QED) is 0.0262. The third kappa shape index (κ3) is 52.5. The molecule has 0 amide bonds. The Balaban J connectivity index is 4.31. The molecule has 0 saturated carbocycles. The Labute approximate surface area is 404 Å². The highest BCUT2D eigenvalue weighted by Crippen LogP contribution is 2.17. The fourth-order valence-corrected chi connectivity index (χ4v) is 8.33. The number of ether oxygens (including phenoxy) is 3. The molecule has 380 valence electrons. The average molecular weight is 914 g/mol. The molecule has 0 aliphatic rings. The van der Waals surface area contributed by atoms with Crippen molar-refractivity contribution < 1.29 is 28.6 Å². The van der Waals surface area contributed by atoms with Crippen LogP contribution in [0, 0.1) is 0 Å². The van der Waals surface area contributed by atoms with Crippen LogP contribution in [0.1, 0.15) is 303 Å². The third-order valence-electron chi connectivity index (χ3n) is 12.6. The van der Waals surface area contributed by atoms with Crippen molar-refractivity contribution in [2.45, 2.75) is 309 Å². The number of unbranched alkanes of at least 4 members (excludes halogenated alkanes) is 35. The topological polar surface area (TPSA) is 78.9 Å². The highest BCUT2D eigenvalue weighted by atomic mass is 16.6. The van der Waals surface area contributed by atoms with Crippen LogP contribution in [0.5, 0.6) is 0 Å². The molecule has 0 rings (SSSR count). The molecule has 0 aromatic heterocycles. The molecule has 6 heteroatoms. The summed E-state index contributed by atoms with van der Waals surface area (Å²) in [7, 11) is 0. The molecule has 0 aliphatic heterocycles. The Bertz CT molecular complexity index is 1090. The van der Waals surface area contributed by atoms with Crippen molar-refractivity contribution in [1.82, 2.24) is 0 Å². The van der Waals surface area contributed by atoms with Crippen molar-refractivity contribution in [2.75, 3.05) is 13.2 Å². The van der Waals surface area contributed by atoms with Gasteiger partial charge in [-0.25, -0.2) is 0 Å². The fourth-order valence-electron chi connectivity index (χ4n) is 8.33. The number of esters is 3. The predicted octanol–water partition coefficient (Wildman–Crippen LogP) is 18.9. The molecule has 0 aliphatic carbocycles. The lowest BCUT2D eigenvalue weighted by atomic mass is 10.0. The van der Waals surface area contributed by atoms with Crippen molar-refractivity contribution in [3.63, 3.8) is 0 Å². The Kier molecular flexibility index (Phi) is 52.3. The van der Waals surface area contributed by atoms with Crippen LogP contribution in [0.3, 0.4) is 0 Å². The zero-order valence-corrected chi connectivity index (χ0v) is 43.5. The van der Waals surface area contributed by atoms with E-state index in [4.69, 9.17) is 14.2 Å². The van der Waals surface area contributed by atoms with Gasteiger partial charge in [-0.2, -0.15) is 0 Å². The molecule has 1 atom stereocenters. The standard InChI is InChI=1S/C59H108O6/c1-4-7-10-13-16-19-22-24-26-27-28-29-30-31-33-35-38-41-44-47-50-53-59(62)65-56(54-63-57(60)51-48-45-42-39-36-21-18-15-12-9-6-3)55-64-58(61)52-49-46-43-40-37-34-32-25-23-20-17-14-11-8-5-2/h17,20,25,32,37,40,56H,4-16,18-19,21-24,26-31,33-36,38-39,41-55H2,1-3H3/b20-17-,32-25-,40-37-/t56-/m0/s1. The summed E-state index contributed by atoms with van der Waals surface area (Å²) >= 11 is 0. The first-order chi connectivity index (χ1) is 32.0. The van der Waals surface area contributed by atoms with Gasteiger partial charge >= 0.3 is 17.9 Å². The van der Waals surface area contributed by atoms with Crippen molar-refractivity contribution in [3.05, 3.63) is 36.5 Å². The SMILES string of the molecule is CCCCC/C=C\C/C=C\C/C=C\CCCCC(=O)OC[C@H](COC(=O)CCCCCCCCCCCCC)OC(=O)CCCCCCCCCCCCCCCCCCCCCCC. The Morgan fingerprint density at radius 2 is 0.554 bits per heavy atom. The van der Waals surface area contributed by atoms with Gasteiger partial charge in [0.15, 0.2) is 6.10 Å². The number of hydrogen-bond donors (Lipinski definition) is 0. The molecule has 0 radical (unpaired) electrons. The number of carbonyl (C=O) groups is 3. The van der Waals surface area contributed by atoms with Crippen LogP contribution in [0.2, 0.25) is 0 Å². The molecule has 0 unspecified atom stereocenters. The van der Waals surface area contributed by atoms with Gasteiger partial charge in [-0.1, -0.05) is 263 Å². The van der Waals surface area contributed by atoms with Gasteiger partial charge in [-0.05, 0) is 57.8 Å². The van der Waals surface area contributed by atoms with Gasteiger partial charge in [0.05, 0.1) is 0 Å². The lowest BCUT2D eigenvalue weighted by Gasteiger charge is -2.18. The number of hydrogen-bond acceptors (Lipinski definition) is 6. The molecule has 0 saturated heterocycles. The van der Waals surface area contributed by atoms with Gasteiger partial charge in [0.2, 0.25) is 0 Å². The number of rotatable bonds is 52. The molecular formula is C59H108O6. The van der Waals surface area contributed by atoms with E-state index in [-0.39, 0.29) is 31.1 Å². The molecule has 0 heterocycles. The van der Waals surface area contributed by atoms with Gasteiger partial charge < -0.3 is 14.2 Å². The first-order valence-corrected chi connectivity index (χ1v) is 28.5. The van der Waals surface area contributed by atoms with E-state index in [1.807, 2.05) is 0 Å². The van der Waals surface area contributed by atoms with E-state index >= 15 is 0 Å². The van der Waals surface area contributed by atoms with Crippen LogP contribution in [0.4, 0.5) is 0 Å². The van der Waals surface area contributed by atoms with Gasteiger partial charge in [0, 0.05) is 19.3 Å². The van der Waals surface area contributed by atoms with E-state index in [2.05, 4.69) is 57.2 Å². The summed E-state index contributed by atoms with van der Waals surface area (Å²) < 4.78 is 16.8. The highest BCUT2D eigenvalue weighted by Gasteiger charge is 2.19. The lowest BCUT2D eigenvalue weighted by molar-refractivity contribution is -0.167. The largest absolute Gasteiger partial charge is 0.462 e. The molecule has 0 bridgehead atoms. The minimum Gasteiger partial charge on any atom is -0.462 e. The second-order valence-corrected chi connectivity index (χ2v) is 19.2. The van der Waals surface area contributed by atoms with Crippen LogP contribution in [0.25, 0.3) is 0 Å². The van der Waals surface area contributed by atoms with Crippen molar-refractivity contribution >= 4 is 17.9 Å². The summed E-state index contributed by atoms with van der Waals surface area (Å²) in [5, 5.41) is 0. The van der Waals surface area contributed by atoms with E-state index < -0.39 is 6.10 Å². The maximum Gasteiger partial charge on any atom is 0.306 e. The first kappa shape index (κ1) is 62.6. The second kappa shape index (κ2) is 54.2. The number of carbonyl (C=O) groups excluding carboxylic acids is 3. The van der Waals surface area contributed by atoms with E-state index in [1.54, 1.807) is 0 Å². The zero-order chi connectivity index (χ0) is 47.2. The summed E-state index contributed by atoms with van der Waals surface area (Å²) in [5.41, 5.74) is 0. The molecule has 6 nitrogen and oxygen atoms in total. The average Bonchev–Trinajstić information content (AvgIpc) is 3.30. The number of allylic oxidation sites excluding steroid dienone is 6. The van der Waals surface area contributed by atoms with Crippen LogP contribution in [-0.2, 0) is 28.6 Å². The van der Waals surface area contributed by atoms with E-state index in [1.165, 1.54) is 193 Å². The van der Waals surface area contributed by atoms with E-state index in [0.717, 1.165) is 70.6 Å². The molecule has 0 fully saturated rings. The minimum absolute atomic E-state index is 0.0797. The highest BCUT2D eigenvalue weighted by molar-refractivity contribution is 5.71. The molecular weight excluding hydrogens is 805 g/mol. The van der Waals surface area contributed by atoms with Crippen LogP contribution >= 0.6 is 0 Å². The van der Waals surface area contributed by atoms with Gasteiger partial charge in [0.1, 0.15) is 13.2 Å². The van der Waals surface area contributed by atoms with Gasteiger partial charge in [-0.15, -0.1) is 0 Å². The minimum atomic E-state index is -0.782. The Hall–Kier alpha value is -2.37. The monoisotopic (exact) mass is 913 g/mol. The van der Waals surface area contributed by atoms with Crippen LogP contribution in [0.15, 0.2) is 36.5 Å². The van der Waals surface area contributed by atoms with E-state index in [0.29, 0.717) is 19.3 Å². The summed E-state index contributed by atoms with van der Waals surface area (Å²) in [6.07, 6.45) is 64.3. The Morgan fingerprint density at radius 3 is 0.892 bits per heavy atom. The molecule has 0 spiro atoms. The molecule has 65 heavy (non-hydrogen) atoms. The maximum absolute atomic E-state index is 12.8. The summed E-state index contributed by atoms with van der Waals surface area (Å²) in [5.74, 6) is -0.904. The van der Waals surface area contributed by atoms with Crippen molar-refractivity contribution in [2.24, 2.45) is 0 Å². The lowest BCUT2D eigenvalue weighted by Crippen LogP contribution is -2.30. The molecule has 0 N–H and O–H groups in total.